The van der Waals surface area contributed by atoms with Crippen LogP contribution in [0, 0.1) is 17.0 Å². The van der Waals surface area contributed by atoms with Crippen LogP contribution in [0.5, 0.6) is 0 Å². The predicted molar refractivity (Wildman–Crippen MR) is 183 cm³/mol. The van der Waals surface area contributed by atoms with E-state index in [4.69, 9.17) is 10.5 Å². The van der Waals surface area contributed by atoms with E-state index < -0.39 is 53.5 Å². The molecule has 11 heteroatoms. The Hall–Kier alpha value is -4.87. The van der Waals surface area contributed by atoms with Crippen LogP contribution >= 0.6 is 0 Å². The first kappa shape index (κ1) is 37.0. The minimum atomic E-state index is -1.02. The Labute approximate surface area is 285 Å². The van der Waals surface area contributed by atoms with Crippen LogP contribution in [0.1, 0.15) is 56.5 Å². The van der Waals surface area contributed by atoms with Gasteiger partial charge in [0.1, 0.15) is 24.8 Å². The number of aliphatic hydroxyl groups excluding tert-OH is 1. The van der Waals surface area contributed by atoms with Gasteiger partial charge in [0.25, 0.3) is 0 Å². The van der Waals surface area contributed by atoms with Gasteiger partial charge in [-0.3, -0.25) is 14.4 Å². The molecule has 0 bridgehead atoms. The first-order chi connectivity index (χ1) is 23.4. The average Bonchev–Trinajstić information content (AvgIpc) is 3.48. The van der Waals surface area contributed by atoms with Crippen molar-refractivity contribution in [1.82, 2.24) is 14.8 Å². The molecule has 0 spiro atoms. The summed E-state index contributed by atoms with van der Waals surface area (Å²) in [5.74, 6) is -2.74. The van der Waals surface area contributed by atoms with E-state index in [9.17, 15) is 28.3 Å². The Morgan fingerprint density at radius 1 is 0.959 bits per heavy atom. The van der Waals surface area contributed by atoms with Gasteiger partial charge in [-0.05, 0) is 47.2 Å². The summed E-state index contributed by atoms with van der Waals surface area (Å²) in [6.45, 7) is 5.54. The minimum Gasteiger partial charge on any atom is -0.461 e. The van der Waals surface area contributed by atoms with E-state index in [1.165, 1.54) is 4.90 Å². The highest BCUT2D eigenvalue weighted by Gasteiger charge is 2.37. The number of esters is 1. The maximum Gasteiger partial charge on any atom is 0.307 e. The SMILES string of the molecule is CC(C)(C)[C@H](c1cc(-c2cc(F)ccc2F)cn1Cc1ccccc1)N(CC[C@H](N)C(=O)NCCC(=O)OCc1ccccc1)C(=O)CO. The van der Waals surface area contributed by atoms with Crippen LogP contribution in [-0.2, 0) is 32.3 Å². The van der Waals surface area contributed by atoms with Crippen LogP contribution in [-0.4, -0.2) is 58.1 Å². The molecule has 0 radical (unpaired) electrons. The molecule has 0 aliphatic rings. The van der Waals surface area contributed by atoms with Crippen molar-refractivity contribution in [3.05, 3.63) is 120 Å². The lowest BCUT2D eigenvalue weighted by molar-refractivity contribution is -0.145. The molecule has 1 heterocycles. The van der Waals surface area contributed by atoms with Crippen LogP contribution in [0.25, 0.3) is 11.1 Å². The number of ether oxygens (including phenoxy) is 1. The van der Waals surface area contributed by atoms with Gasteiger partial charge in [-0.2, -0.15) is 0 Å². The number of aliphatic hydroxyl groups is 1. The number of hydrogen-bond acceptors (Lipinski definition) is 6. The lowest BCUT2D eigenvalue weighted by Gasteiger charge is -2.41. The number of nitrogens with two attached hydrogens (primary N) is 1. The molecule has 4 rings (SSSR count). The Kier molecular flexibility index (Phi) is 12.8. The summed E-state index contributed by atoms with van der Waals surface area (Å²) in [7, 11) is 0. The summed E-state index contributed by atoms with van der Waals surface area (Å²) in [5, 5.41) is 12.7. The zero-order valence-corrected chi connectivity index (χ0v) is 28.1. The van der Waals surface area contributed by atoms with Gasteiger partial charge in [0.15, 0.2) is 0 Å². The number of carbonyl (C=O) groups excluding carboxylic acids is 3. The largest absolute Gasteiger partial charge is 0.461 e. The van der Waals surface area contributed by atoms with Crippen molar-refractivity contribution in [2.45, 2.75) is 58.8 Å². The number of nitrogens with zero attached hydrogens (tertiary/aromatic N) is 2. The van der Waals surface area contributed by atoms with Gasteiger partial charge < -0.3 is 30.4 Å². The Morgan fingerprint density at radius 3 is 2.24 bits per heavy atom. The van der Waals surface area contributed by atoms with Crippen molar-refractivity contribution >= 4 is 17.8 Å². The number of amides is 2. The molecule has 0 saturated carbocycles. The zero-order chi connectivity index (χ0) is 35.6. The molecule has 1 aromatic heterocycles. The van der Waals surface area contributed by atoms with Crippen LogP contribution in [0.15, 0.2) is 91.1 Å². The number of nitrogens with one attached hydrogen (secondary N) is 1. The fourth-order valence-electron chi connectivity index (χ4n) is 5.74. The third kappa shape index (κ3) is 10.3. The topological polar surface area (TPSA) is 127 Å². The fraction of sp³-hybridized carbons (Fsp3) is 0.342. The van der Waals surface area contributed by atoms with Crippen LogP contribution in [0.3, 0.4) is 0 Å². The highest BCUT2D eigenvalue weighted by Crippen LogP contribution is 2.41. The van der Waals surface area contributed by atoms with Gasteiger partial charge in [0.05, 0.1) is 18.5 Å². The maximum atomic E-state index is 15.0. The first-order valence-corrected chi connectivity index (χ1v) is 16.2. The summed E-state index contributed by atoms with van der Waals surface area (Å²) in [4.78, 5) is 39.9. The van der Waals surface area contributed by atoms with Gasteiger partial charge in [0, 0.05) is 42.7 Å². The van der Waals surface area contributed by atoms with Gasteiger partial charge in [-0.25, -0.2) is 8.78 Å². The van der Waals surface area contributed by atoms with Crippen LogP contribution in [0.4, 0.5) is 8.78 Å². The van der Waals surface area contributed by atoms with Gasteiger partial charge in [-0.15, -0.1) is 0 Å². The second-order valence-corrected chi connectivity index (χ2v) is 13.0. The molecule has 260 valence electrons. The Bertz CT molecular complexity index is 1710. The molecule has 9 nitrogen and oxygen atoms in total. The third-order valence-corrected chi connectivity index (χ3v) is 8.12. The number of carbonyl (C=O) groups is 3. The average molecular weight is 675 g/mol. The summed E-state index contributed by atoms with van der Waals surface area (Å²) in [5.41, 5.74) is 8.53. The van der Waals surface area contributed by atoms with Crippen LogP contribution < -0.4 is 11.1 Å². The minimum absolute atomic E-state index is 0.00914. The highest BCUT2D eigenvalue weighted by atomic mass is 19.1. The first-order valence-electron chi connectivity index (χ1n) is 16.2. The Morgan fingerprint density at radius 2 is 1.61 bits per heavy atom. The van der Waals surface area contributed by atoms with E-state index in [1.807, 2.05) is 86.0 Å². The number of hydrogen-bond donors (Lipinski definition) is 3. The molecule has 0 aliphatic heterocycles. The zero-order valence-electron chi connectivity index (χ0n) is 28.1. The fourth-order valence-corrected chi connectivity index (χ4v) is 5.74. The van der Waals surface area contributed by atoms with Crippen molar-refractivity contribution in [1.29, 1.82) is 0 Å². The molecular formula is C38H44F2N4O5. The second kappa shape index (κ2) is 17.0. The van der Waals surface area contributed by atoms with Crippen molar-refractivity contribution in [3.63, 3.8) is 0 Å². The Balaban J connectivity index is 1.53. The van der Waals surface area contributed by atoms with Crippen molar-refractivity contribution < 1.29 is 33.0 Å². The molecular weight excluding hydrogens is 630 g/mol. The summed E-state index contributed by atoms with van der Waals surface area (Å²) >= 11 is 0. The standard InChI is InChI=1S/C38H44F2N4O5/c1-38(2,3)36(33-20-28(30-21-29(39)14-15-31(30)40)23-43(33)22-26-10-6-4-7-11-26)44(34(46)24-45)19-17-32(41)37(48)42-18-16-35(47)49-25-27-12-8-5-9-13-27/h4-15,20-21,23,32,36,45H,16-19,22,24-25,41H2,1-3H3,(H,42,48)/t32-,36-/m0/s1. The van der Waals surface area contributed by atoms with Gasteiger partial charge in [-0.1, -0.05) is 81.4 Å². The molecule has 3 aromatic carbocycles. The molecule has 2 atom stereocenters. The van der Waals surface area contributed by atoms with E-state index in [2.05, 4.69) is 5.32 Å². The normalized spacial score (nSPS) is 12.6. The third-order valence-electron chi connectivity index (χ3n) is 8.12. The molecule has 49 heavy (non-hydrogen) atoms. The summed E-state index contributed by atoms with van der Waals surface area (Å²) < 4.78 is 36.4. The highest BCUT2D eigenvalue weighted by molar-refractivity contribution is 5.82. The van der Waals surface area contributed by atoms with Crippen LogP contribution in [0.2, 0.25) is 0 Å². The molecule has 0 fully saturated rings. The van der Waals surface area contributed by atoms with E-state index >= 15 is 0 Å². The molecule has 4 aromatic rings. The van der Waals surface area contributed by atoms with Crippen molar-refractivity contribution in [2.75, 3.05) is 19.7 Å². The summed E-state index contributed by atoms with van der Waals surface area (Å²) in [6.07, 6.45) is 1.73. The summed E-state index contributed by atoms with van der Waals surface area (Å²) in [6, 6.07) is 22.1. The van der Waals surface area contributed by atoms with Crippen molar-refractivity contribution in [2.24, 2.45) is 11.1 Å². The molecule has 0 aliphatic carbocycles. The molecule has 4 N–H and O–H groups in total. The predicted octanol–water partition coefficient (Wildman–Crippen LogP) is 5.36. The monoisotopic (exact) mass is 674 g/mol. The smallest absolute Gasteiger partial charge is 0.307 e. The van der Waals surface area contributed by atoms with E-state index in [0.29, 0.717) is 17.8 Å². The second-order valence-electron chi connectivity index (χ2n) is 13.0. The quantitative estimate of drug-likeness (QED) is 0.146. The van der Waals surface area contributed by atoms with Gasteiger partial charge in [0.2, 0.25) is 11.8 Å². The number of halogens is 2. The molecule has 0 saturated heterocycles. The number of aromatic nitrogens is 1. The number of rotatable bonds is 15. The van der Waals surface area contributed by atoms with Gasteiger partial charge >= 0.3 is 5.97 Å². The molecule has 0 unspecified atom stereocenters. The van der Waals surface area contributed by atoms with Crippen molar-refractivity contribution in [3.8, 4) is 11.1 Å². The van der Waals surface area contributed by atoms with E-state index in [1.54, 1.807) is 12.3 Å². The lowest BCUT2D eigenvalue weighted by Crippen LogP contribution is -2.47. The van der Waals surface area contributed by atoms with E-state index in [-0.39, 0.29) is 38.1 Å². The number of benzene rings is 3. The lowest BCUT2D eigenvalue weighted by atomic mass is 9.82. The molecule has 2 amide bonds. The maximum absolute atomic E-state index is 15.0. The van der Waals surface area contributed by atoms with E-state index in [0.717, 1.165) is 29.3 Å².